The fourth-order valence-corrected chi connectivity index (χ4v) is 4.39. The minimum atomic E-state index is -3.43. The standard InChI is InChI=1S/C19H25NO6S/c1-13-7-8-14(27(2,23)24)11-15(13)19(22)26-12-18(21)20-9-10-25-17-6-4-3-5-16(17)20/h7-8,11,16-17H,3-6,9-10,12H2,1-2H3/t16-,17+/m0/s1. The van der Waals surface area contributed by atoms with Crippen molar-refractivity contribution in [2.24, 2.45) is 0 Å². The van der Waals surface area contributed by atoms with Crippen LogP contribution in [0.4, 0.5) is 0 Å². The fraction of sp³-hybridized carbons (Fsp3) is 0.579. The van der Waals surface area contributed by atoms with Gasteiger partial charge in [0.1, 0.15) is 0 Å². The van der Waals surface area contributed by atoms with Gasteiger partial charge in [0, 0.05) is 12.8 Å². The first-order valence-electron chi connectivity index (χ1n) is 9.16. The van der Waals surface area contributed by atoms with E-state index in [1.54, 1.807) is 17.9 Å². The van der Waals surface area contributed by atoms with Crippen LogP contribution in [0.3, 0.4) is 0 Å². The number of ether oxygens (including phenoxy) is 2. The Balaban J connectivity index is 1.66. The van der Waals surface area contributed by atoms with E-state index in [0.29, 0.717) is 18.7 Å². The summed E-state index contributed by atoms with van der Waals surface area (Å²) in [4.78, 5) is 26.8. The lowest BCUT2D eigenvalue weighted by atomic mass is 9.90. The van der Waals surface area contributed by atoms with Crippen LogP contribution in [0.1, 0.15) is 41.6 Å². The maximum Gasteiger partial charge on any atom is 0.338 e. The zero-order valence-electron chi connectivity index (χ0n) is 15.6. The van der Waals surface area contributed by atoms with Crippen molar-refractivity contribution in [1.29, 1.82) is 0 Å². The lowest BCUT2D eigenvalue weighted by molar-refractivity contribution is -0.152. The van der Waals surface area contributed by atoms with Gasteiger partial charge in [-0.3, -0.25) is 4.79 Å². The van der Waals surface area contributed by atoms with Crippen LogP contribution < -0.4 is 0 Å². The molecule has 0 bridgehead atoms. The molecule has 2 atom stereocenters. The Morgan fingerprint density at radius 2 is 2.00 bits per heavy atom. The second kappa shape index (κ2) is 7.98. The molecule has 7 nitrogen and oxygen atoms in total. The number of amides is 1. The second-order valence-corrected chi connectivity index (χ2v) is 9.19. The largest absolute Gasteiger partial charge is 0.452 e. The summed E-state index contributed by atoms with van der Waals surface area (Å²) in [5.41, 5.74) is 0.752. The lowest BCUT2D eigenvalue weighted by Gasteiger charge is -2.43. The minimum Gasteiger partial charge on any atom is -0.452 e. The number of carbonyl (C=O) groups excluding carboxylic acids is 2. The molecule has 1 aliphatic carbocycles. The molecular weight excluding hydrogens is 370 g/mol. The van der Waals surface area contributed by atoms with Crippen LogP contribution in [0.2, 0.25) is 0 Å². The van der Waals surface area contributed by atoms with Gasteiger partial charge in [0.25, 0.3) is 5.91 Å². The quantitative estimate of drug-likeness (QED) is 0.721. The molecule has 0 unspecified atom stereocenters. The summed E-state index contributed by atoms with van der Waals surface area (Å²) in [5, 5.41) is 0. The van der Waals surface area contributed by atoms with Crippen molar-refractivity contribution in [2.45, 2.75) is 49.6 Å². The predicted octanol–water partition coefficient (Wildman–Crippen LogP) is 1.73. The maximum absolute atomic E-state index is 12.6. The summed E-state index contributed by atoms with van der Waals surface area (Å²) < 4.78 is 34.4. The van der Waals surface area contributed by atoms with Gasteiger partial charge in [-0.25, -0.2) is 13.2 Å². The van der Waals surface area contributed by atoms with Crippen molar-refractivity contribution in [1.82, 2.24) is 4.90 Å². The minimum absolute atomic E-state index is 0.0459. The van der Waals surface area contributed by atoms with E-state index in [-0.39, 0.29) is 35.1 Å². The first-order chi connectivity index (χ1) is 12.8. The molecule has 148 valence electrons. The van der Waals surface area contributed by atoms with E-state index in [9.17, 15) is 18.0 Å². The van der Waals surface area contributed by atoms with E-state index in [2.05, 4.69) is 0 Å². The summed E-state index contributed by atoms with van der Waals surface area (Å²) in [5.74, 6) is -0.930. The number of hydrogen-bond acceptors (Lipinski definition) is 6. The Morgan fingerprint density at radius 3 is 2.74 bits per heavy atom. The van der Waals surface area contributed by atoms with Crippen molar-refractivity contribution in [3.8, 4) is 0 Å². The number of carbonyl (C=O) groups is 2. The summed E-state index contributed by atoms with van der Waals surface area (Å²) in [6.07, 6.45) is 5.17. The Hall–Kier alpha value is -1.93. The van der Waals surface area contributed by atoms with Crippen molar-refractivity contribution >= 4 is 21.7 Å². The molecule has 27 heavy (non-hydrogen) atoms. The molecule has 8 heteroatoms. The summed E-state index contributed by atoms with van der Waals surface area (Å²) >= 11 is 0. The Kier molecular flexibility index (Phi) is 5.86. The van der Waals surface area contributed by atoms with Gasteiger partial charge < -0.3 is 14.4 Å². The van der Waals surface area contributed by atoms with Crippen LogP contribution in [0.25, 0.3) is 0 Å². The van der Waals surface area contributed by atoms with Gasteiger partial charge in [0.2, 0.25) is 0 Å². The third-order valence-corrected chi connectivity index (χ3v) is 6.35. The molecule has 1 heterocycles. The van der Waals surface area contributed by atoms with Crippen LogP contribution in [0.5, 0.6) is 0 Å². The molecule has 2 aliphatic rings. The highest BCUT2D eigenvalue weighted by Gasteiger charge is 2.36. The summed E-state index contributed by atoms with van der Waals surface area (Å²) in [7, 11) is -3.43. The van der Waals surface area contributed by atoms with Gasteiger partial charge in [-0.2, -0.15) is 0 Å². The highest BCUT2D eigenvalue weighted by Crippen LogP contribution is 2.28. The molecule has 1 aromatic carbocycles. The monoisotopic (exact) mass is 395 g/mol. The molecular formula is C19H25NO6S. The average Bonchev–Trinajstić information content (AvgIpc) is 2.64. The van der Waals surface area contributed by atoms with E-state index in [4.69, 9.17) is 9.47 Å². The average molecular weight is 395 g/mol. The summed E-state index contributed by atoms with van der Waals surface area (Å²) in [6.45, 7) is 2.33. The molecule has 0 radical (unpaired) electrons. The van der Waals surface area contributed by atoms with Crippen LogP contribution in [-0.2, 0) is 24.1 Å². The number of morpholine rings is 1. The highest BCUT2D eigenvalue weighted by molar-refractivity contribution is 7.90. The van der Waals surface area contributed by atoms with Crippen molar-refractivity contribution in [3.05, 3.63) is 29.3 Å². The van der Waals surface area contributed by atoms with Crippen molar-refractivity contribution in [3.63, 3.8) is 0 Å². The third-order valence-electron chi connectivity index (χ3n) is 5.24. The van der Waals surface area contributed by atoms with Gasteiger partial charge in [-0.1, -0.05) is 18.9 Å². The smallest absolute Gasteiger partial charge is 0.338 e. The van der Waals surface area contributed by atoms with E-state index in [1.807, 2.05) is 0 Å². The fourth-order valence-electron chi connectivity index (χ4n) is 3.75. The molecule has 0 spiro atoms. The zero-order valence-corrected chi connectivity index (χ0v) is 16.5. The Morgan fingerprint density at radius 1 is 1.26 bits per heavy atom. The zero-order chi connectivity index (χ0) is 19.6. The maximum atomic E-state index is 12.6. The predicted molar refractivity (Wildman–Crippen MR) is 98.3 cm³/mol. The van der Waals surface area contributed by atoms with Gasteiger partial charge in [-0.15, -0.1) is 0 Å². The summed E-state index contributed by atoms with van der Waals surface area (Å²) in [6, 6.07) is 4.35. The number of sulfone groups is 1. The van der Waals surface area contributed by atoms with Crippen molar-refractivity contribution in [2.75, 3.05) is 26.0 Å². The van der Waals surface area contributed by atoms with Crippen molar-refractivity contribution < 1.29 is 27.5 Å². The number of nitrogens with zero attached hydrogens (tertiary/aromatic N) is 1. The molecule has 2 fully saturated rings. The number of esters is 1. The van der Waals surface area contributed by atoms with Crippen LogP contribution in [-0.4, -0.2) is 63.4 Å². The first kappa shape index (κ1) is 19.8. The molecule has 1 aliphatic heterocycles. The lowest BCUT2D eigenvalue weighted by Crippen LogP contribution is -2.55. The topological polar surface area (TPSA) is 90.0 Å². The van der Waals surface area contributed by atoms with Crippen LogP contribution >= 0.6 is 0 Å². The SMILES string of the molecule is Cc1ccc(S(C)(=O)=O)cc1C(=O)OCC(=O)N1CCO[C@@H]2CCCC[C@@H]21. The number of aryl methyl sites for hydroxylation is 1. The van der Waals surface area contributed by atoms with E-state index in [1.165, 1.54) is 12.1 Å². The third kappa shape index (κ3) is 4.50. The number of hydrogen-bond donors (Lipinski definition) is 0. The highest BCUT2D eigenvalue weighted by atomic mass is 32.2. The van der Waals surface area contributed by atoms with Gasteiger partial charge >= 0.3 is 5.97 Å². The first-order valence-corrected chi connectivity index (χ1v) is 11.1. The van der Waals surface area contributed by atoms with Gasteiger partial charge in [0.15, 0.2) is 16.4 Å². The molecule has 1 aromatic rings. The van der Waals surface area contributed by atoms with E-state index in [0.717, 1.165) is 31.9 Å². The Labute approximate surface area is 159 Å². The normalized spacial score (nSPS) is 22.8. The number of rotatable bonds is 4. The second-order valence-electron chi connectivity index (χ2n) is 7.17. The molecule has 0 aromatic heterocycles. The molecule has 1 saturated carbocycles. The van der Waals surface area contributed by atoms with Gasteiger partial charge in [0.05, 0.1) is 29.2 Å². The Bertz CT molecular complexity index is 833. The number of fused-ring (bicyclic) bond motifs is 1. The molecule has 0 N–H and O–H groups in total. The van der Waals surface area contributed by atoms with Crippen LogP contribution in [0.15, 0.2) is 23.1 Å². The molecule has 1 saturated heterocycles. The molecule has 3 rings (SSSR count). The van der Waals surface area contributed by atoms with Crippen LogP contribution in [0, 0.1) is 6.92 Å². The van der Waals surface area contributed by atoms with E-state index < -0.39 is 15.8 Å². The van der Waals surface area contributed by atoms with E-state index >= 15 is 0 Å². The van der Waals surface area contributed by atoms with Gasteiger partial charge in [-0.05, 0) is 37.5 Å². The molecule has 1 amide bonds. The number of benzene rings is 1.